The van der Waals surface area contributed by atoms with E-state index < -0.39 is 11.3 Å². The fourth-order valence-corrected chi connectivity index (χ4v) is 2.69. The van der Waals surface area contributed by atoms with Gasteiger partial charge in [-0.1, -0.05) is 0 Å². The van der Waals surface area contributed by atoms with Crippen LogP contribution in [0.15, 0.2) is 0 Å². The molecule has 0 bridgehead atoms. The number of rotatable bonds is 0. The lowest BCUT2D eigenvalue weighted by Crippen LogP contribution is -2.54. The van der Waals surface area contributed by atoms with Gasteiger partial charge in [-0.25, -0.2) is 4.79 Å². The van der Waals surface area contributed by atoms with Crippen molar-refractivity contribution in [3.63, 3.8) is 0 Å². The summed E-state index contributed by atoms with van der Waals surface area (Å²) in [5, 5.41) is -0.387. The molecule has 2 rings (SSSR count). The third-order valence-corrected chi connectivity index (χ3v) is 3.59. The Bertz CT molecular complexity index is 331. The highest BCUT2D eigenvalue weighted by Gasteiger charge is 2.57. The Labute approximate surface area is 106 Å². The maximum atomic E-state index is 12.0. The monoisotopic (exact) mass is 262 g/mol. The number of halogens is 1. The lowest BCUT2D eigenvalue weighted by molar-refractivity contribution is -0.00567. The van der Waals surface area contributed by atoms with Crippen LogP contribution in [-0.2, 0) is 9.47 Å². The molecular weight excluding hydrogens is 244 g/mol. The van der Waals surface area contributed by atoms with E-state index >= 15 is 0 Å². The summed E-state index contributed by atoms with van der Waals surface area (Å²) in [6.07, 6.45) is 0.338. The van der Waals surface area contributed by atoms with Crippen molar-refractivity contribution in [2.24, 2.45) is 5.73 Å². The second-order valence-electron chi connectivity index (χ2n) is 5.61. The Morgan fingerprint density at radius 1 is 1.59 bits per heavy atom. The van der Waals surface area contributed by atoms with Crippen LogP contribution in [0, 0.1) is 0 Å². The first-order valence-corrected chi connectivity index (χ1v) is 6.24. The van der Waals surface area contributed by atoms with Crippen LogP contribution in [0.5, 0.6) is 0 Å². The van der Waals surface area contributed by atoms with Crippen molar-refractivity contribution < 1.29 is 14.3 Å². The van der Waals surface area contributed by atoms with Crippen molar-refractivity contribution >= 4 is 17.7 Å². The summed E-state index contributed by atoms with van der Waals surface area (Å²) in [7, 11) is 0. The number of fused-ring (bicyclic) bond motifs is 1. The van der Waals surface area contributed by atoms with E-state index in [1.165, 1.54) is 0 Å². The number of carbonyl (C=O) groups excluding carboxylic acids is 1. The summed E-state index contributed by atoms with van der Waals surface area (Å²) in [6, 6.07) is -0.181. The maximum Gasteiger partial charge on any atom is 0.410 e. The van der Waals surface area contributed by atoms with Crippen LogP contribution in [0.25, 0.3) is 0 Å². The average molecular weight is 263 g/mol. The molecular formula is C11H19ClN2O3. The van der Waals surface area contributed by atoms with E-state index in [0.717, 1.165) is 0 Å². The van der Waals surface area contributed by atoms with Gasteiger partial charge in [0, 0.05) is 6.54 Å². The first kappa shape index (κ1) is 12.9. The number of ether oxygens (including phenoxy) is 2. The molecule has 0 aromatic rings. The molecule has 1 amide bonds. The molecule has 0 aliphatic carbocycles. The fourth-order valence-electron chi connectivity index (χ4n) is 2.33. The molecule has 5 nitrogen and oxygen atoms in total. The van der Waals surface area contributed by atoms with Crippen molar-refractivity contribution in [2.45, 2.75) is 49.9 Å². The summed E-state index contributed by atoms with van der Waals surface area (Å²) in [4.78, 5) is 13.6. The van der Waals surface area contributed by atoms with Crippen molar-refractivity contribution in [1.82, 2.24) is 4.90 Å². The minimum Gasteiger partial charge on any atom is -0.444 e. The van der Waals surface area contributed by atoms with Crippen LogP contribution in [-0.4, -0.2) is 46.9 Å². The predicted octanol–water partition coefficient (Wildman–Crippen LogP) is 1.29. The van der Waals surface area contributed by atoms with Crippen LogP contribution in [0.3, 0.4) is 0 Å². The number of nitrogens with zero attached hydrogens (tertiary/aromatic N) is 1. The number of nitrogens with two attached hydrogens (primary N) is 1. The molecule has 2 aliphatic rings. The zero-order valence-electron chi connectivity index (χ0n) is 10.4. The van der Waals surface area contributed by atoms with Gasteiger partial charge in [0.15, 0.2) is 5.72 Å². The summed E-state index contributed by atoms with van der Waals surface area (Å²) < 4.78 is 10.8. The Kier molecular flexibility index (Phi) is 3.04. The van der Waals surface area contributed by atoms with Gasteiger partial charge < -0.3 is 15.2 Å². The normalized spacial score (nSPS) is 37.1. The predicted molar refractivity (Wildman–Crippen MR) is 63.9 cm³/mol. The van der Waals surface area contributed by atoms with Crippen molar-refractivity contribution in [3.8, 4) is 0 Å². The molecule has 2 aliphatic heterocycles. The molecule has 0 radical (unpaired) electrons. The van der Waals surface area contributed by atoms with E-state index in [0.29, 0.717) is 19.6 Å². The van der Waals surface area contributed by atoms with Crippen LogP contribution in [0.1, 0.15) is 27.2 Å². The van der Waals surface area contributed by atoms with Crippen molar-refractivity contribution in [1.29, 1.82) is 0 Å². The molecule has 2 N–H and O–H groups in total. The SMILES string of the molecule is CC(C)(C)OC(=O)N1C[C@@H](Cl)[C@@]2(N)OCC[C@@H]12. The molecule has 2 heterocycles. The van der Waals surface area contributed by atoms with Gasteiger partial charge in [-0.05, 0) is 27.2 Å². The molecule has 6 heteroatoms. The minimum absolute atomic E-state index is 0.181. The Morgan fingerprint density at radius 3 is 2.82 bits per heavy atom. The Hall–Kier alpha value is -0.520. The van der Waals surface area contributed by atoms with Gasteiger partial charge in [-0.15, -0.1) is 11.6 Å². The highest BCUT2D eigenvalue weighted by Crippen LogP contribution is 2.38. The first-order chi connectivity index (χ1) is 7.74. The van der Waals surface area contributed by atoms with Gasteiger partial charge in [-0.2, -0.15) is 0 Å². The largest absolute Gasteiger partial charge is 0.444 e. The van der Waals surface area contributed by atoms with Gasteiger partial charge in [0.1, 0.15) is 5.60 Å². The second kappa shape index (κ2) is 4.00. The van der Waals surface area contributed by atoms with E-state index in [4.69, 9.17) is 26.8 Å². The fraction of sp³-hybridized carbons (Fsp3) is 0.909. The topological polar surface area (TPSA) is 64.8 Å². The number of hydrogen-bond acceptors (Lipinski definition) is 4. The lowest BCUT2D eigenvalue weighted by atomic mass is 10.1. The second-order valence-corrected chi connectivity index (χ2v) is 6.13. The maximum absolute atomic E-state index is 12.0. The van der Waals surface area contributed by atoms with E-state index in [2.05, 4.69) is 0 Å². The third-order valence-electron chi connectivity index (χ3n) is 3.11. The molecule has 98 valence electrons. The van der Waals surface area contributed by atoms with E-state index in [1.54, 1.807) is 4.90 Å². The molecule has 0 aromatic carbocycles. The molecule has 3 atom stereocenters. The van der Waals surface area contributed by atoms with E-state index in [9.17, 15) is 4.79 Å². The standard InChI is InChI=1S/C11H19ClN2O3/c1-10(2,3)17-9(15)14-6-7(12)11(13)8(14)4-5-16-11/h7-8H,4-6,13H2,1-3H3/t7-,8-,11-/m1/s1. The number of likely N-dealkylation sites (tertiary alicyclic amines) is 1. The summed E-state index contributed by atoms with van der Waals surface area (Å²) in [5.74, 6) is 0. The van der Waals surface area contributed by atoms with Gasteiger partial charge in [0.25, 0.3) is 0 Å². The number of carbonyl (C=O) groups is 1. The highest BCUT2D eigenvalue weighted by atomic mass is 35.5. The van der Waals surface area contributed by atoms with Crippen LogP contribution < -0.4 is 5.73 Å². The lowest BCUT2D eigenvalue weighted by Gasteiger charge is -2.29. The number of alkyl halides is 1. The third kappa shape index (κ3) is 2.23. The van der Waals surface area contributed by atoms with E-state index in [-0.39, 0.29) is 17.5 Å². The minimum atomic E-state index is -0.918. The average Bonchev–Trinajstić information content (AvgIpc) is 2.63. The van der Waals surface area contributed by atoms with Crippen LogP contribution >= 0.6 is 11.6 Å². The molecule has 2 saturated heterocycles. The molecule has 17 heavy (non-hydrogen) atoms. The number of hydrogen-bond donors (Lipinski definition) is 1. The first-order valence-electron chi connectivity index (χ1n) is 5.80. The quantitative estimate of drug-likeness (QED) is 0.668. The molecule has 0 spiro atoms. The highest BCUT2D eigenvalue weighted by molar-refractivity contribution is 6.22. The summed E-state index contributed by atoms with van der Waals surface area (Å²) >= 11 is 6.17. The van der Waals surface area contributed by atoms with Gasteiger partial charge in [0.05, 0.1) is 18.0 Å². The summed E-state index contributed by atoms with van der Waals surface area (Å²) in [5.41, 5.74) is 4.66. The van der Waals surface area contributed by atoms with Crippen molar-refractivity contribution in [3.05, 3.63) is 0 Å². The van der Waals surface area contributed by atoms with Crippen LogP contribution in [0.4, 0.5) is 4.79 Å². The number of amides is 1. The Balaban J connectivity index is 2.11. The van der Waals surface area contributed by atoms with E-state index in [1.807, 2.05) is 20.8 Å². The smallest absolute Gasteiger partial charge is 0.410 e. The Morgan fingerprint density at radius 2 is 2.24 bits per heavy atom. The molecule has 2 fully saturated rings. The van der Waals surface area contributed by atoms with Gasteiger partial charge >= 0.3 is 6.09 Å². The zero-order valence-corrected chi connectivity index (χ0v) is 11.2. The van der Waals surface area contributed by atoms with Crippen molar-refractivity contribution in [2.75, 3.05) is 13.2 Å². The van der Waals surface area contributed by atoms with Gasteiger partial charge in [-0.3, -0.25) is 4.90 Å². The van der Waals surface area contributed by atoms with Gasteiger partial charge in [0.2, 0.25) is 0 Å². The molecule has 0 unspecified atom stereocenters. The summed E-state index contributed by atoms with van der Waals surface area (Å²) in [6.45, 7) is 6.40. The molecule has 0 saturated carbocycles. The van der Waals surface area contributed by atoms with Crippen LogP contribution in [0.2, 0.25) is 0 Å². The molecule has 0 aromatic heterocycles. The zero-order chi connectivity index (χ0) is 12.8.